The molecule has 2 rings (SSSR count). The van der Waals surface area contributed by atoms with Gasteiger partial charge < -0.3 is 11.1 Å². The van der Waals surface area contributed by atoms with Gasteiger partial charge in [0.15, 0.2) is 0 Å². The predicted molar refractivity (Wildman–Crippen MR) is 69.5 cm³/mol. The van der Waals surface area contributed by atoms with Gasteiger partial charge >= 0.3 is 0 Å². The summed E-state index contributed by atoms with van der Waals surface area (Å²) in [6, 6.07) is 1.64. The van der Waals surface area contributed by atoms with Crippen molar-refractivity contribution in [1.29, 1.82) is 0 Å². The van der Waals surface area contributed by atoms with E-state index in [0.29, 0.717) is 30.5 Å². The SMILES string of the molecule is Nc1cc(NCCCS(N)(=O)=O)nc(C2CC2)n1. The number of primary sulfonamides is 1. The third-order valence-electron chi connectivity index (χ3n) is 2.62. The molecular formula is C10H17N5O2S. The number of hydrogen-bond acceptors (Lipinski definition) is 6. The molecule has 0 radical (unpaired) electrons. The number of nitrogens with two attached hydrogens (primary N) is 2. The zero-order chi connectivity index (χ0) is 13.2. The van der Waals surface area contributed by atoms with Gasteiger partial charge in [0.05, 0.1) is 5.75 Å². The summed E-state index contributed by atoms with van der Waals surface area (Å²) in [6.45, 7) is 0.483. The third kappa shape index (κ3) is 4.11. The van der Waals surface area contributed by atoms with Crippen LogP contribution >= 0.6 is 0 Å². The van der Waals surface area contributed by atoms with Crippen LogP contribution in [0.2, 0.25) is 0 Å². The van der Waals surface area contributed by atoms with Crippen LogP contribution in [-0.2, 0) is 10.0 Å². The van der Waals surface area contributed by atoms with Gasteiger partial charge in [-0.25, -0.2) is 23.5 Å². The Morgan fingerprint density at radius 3 is 2.72 bits per heavy atom. The number of nitrogen functional groups attached to an aromatic ring is 1. The molecule has 0 amide bonds. The maximum absolute atomic E-state index is 10.8. The third-order valence-corrected chi connectivity index (χ3v) is 3.48. The van der Waals surface area contributed by atoms with E-state index >= 15 is 0 Å². The van der Waals surface area contributed by atoms with E-state index in [4.69, 9.17) is 10.9 Å². The summed E-state index contributed by atoms with van der Waals surface area (Å²) in [5, 5.41) is 7.94. The minimum atomic E-state index is -3.40. The van der Waals surface area contributed by atoms with Crippen molar-refractivity contribution in [2.45, 2.75) is 25.2 Å². The second-order valence-corrected chi connectivity index (χ2v) is 6.19. The highest BCUT2D eigenvalue weighted by molar-refractivity contribution is 7.89. The minimum absolute atomic E-state index is 0.0456. The molecule has 0 bridgehead atoms. The van der Waals surface area contributed by atoms with Crippen LogP contribution in [0.25, 0.3) is 0 Å². The van der Waals surface area contributed by atoms with Gasteiger partial charge in [0.1, 0.15) is 17.5 Å². The zero-order valence-corrected chi connectivity index (χ0v) is 10.8. The molecule has 0 spiro atoms. The summed E-state index contributed by atoms with van der Waals surface area (Å²) in [7, 11) is -3.40. The van der Waals surface area contributed by atoms with E-state index in [1.807, 2.05) is 0 Å². The average Bonchev–Trinajstić information content (AvgIpc) is 3.06. The monoisotopic (exact) mass is 271 g/mol. The van der Waals surface area contributed by atoms with E-state index in [9.17, 15) is 8.42 Å². The molecule has 100 valence electrons. The van der Waals surface area contributed by atoms with Crippen LogP contribution in [0, 0.1) is 0 Å². The van der Waals surface area contributed by atoms with E-state index < -0.39 is 10.0 Å². The molecule has 8 heteroatoms. The standard InChI is InChI=1S/C10H17N5O2S/c11-8-6-9(13-4-1-5-18(12,16)17)15-10(14-8)7-2-3-7/h6-7H,1-5H2,(H2,12,16,17)(H3,11,13,14,15). The molecule has 1 heterocycles. The molecule has 0 atom stereocenters. The Hall–Kier alpha value is -1.41. The Kier molecular flexibility index (Phi) is 3.67. The number of aromatic nitrogens is 2. The first-order valence-electron chi connectivity index (χ1n) is 5.83. The summed E-state index contributed by atoms with van der Waals surface area (Å²) in [5.74, 6) is 2.22. The van der Waals surface area contributed by atoms with Crippen LogP contribution < -0.4 is 16.2 Å². The van der Waals surface area contributed by atoms with E-state index in [2.05, 4.69) is 15.3 Å². The maximum Gasteiger partial charge on any atom is 0.209 e. The summed E-state index contributed by atoms with van der Waals surface area (Å²) in [5.41, 5.74) is 5.69. The van der Waals surface area contributed by atoms with Crippen molar-refractivity contribution in [3.63, 3.8) is 0 Å². The molecule has 5 N–H and O–H groups in total. The highest BCUT2D eigenvalue weighted by Gasteiger charge is 2.27. The lowest BCUT2D eigenvalue weighted by Gasteiger charge is -2.07. The van der Waals surface area contributed by atoms with Gasteiger partial charge in [-0.05, 0) is 19.3 Å². The van der Waals surface area contributed by atoms with E-state index in [-0.39, 0.29) is 5.75 Å². The first-order chi connectivity index (χ1) is 8.44. The van der Waals surface area contributed by atoms with Gasteiger partial charge in [0.2, 0.25) is 10.0 Å². The molecule has 1 aliphatic rings. The normalized spacial score (nSPS) is 15.6. The quantitative estimate of drug-likeness (QED) is 0.627. The molecule has 18 heavy (non-hydrogen) atoms. The minimum Gasteiger partial charge on any atom is -0.384 e. The topological polar surface area (TPSA) is 124 Å². The fourth-order valence-corrected chi connectivity index (χ4v) is 2.14. The highest BCUT2D eigenvalue weighted by atomic mass is 32.2. The van der Waals surface area contributed by atoms with Gasteiger partial charge in [-0.15, -0.1) is 0 Å². The molecule has 0 aliphatic heterocycles. The van der Waals surface area contributed by atoms with Gasteiger partial charge in [0, 0.05) is 18.5 Å². The number of nitrogens with zero attached hydrogens (tertiary/aromatic N) is 2. The molecule has 0 aromatic carbocycles. The van der Waals surface area contributed by atoms with Crippen molar-refractivity contribution in [3.05, 3.63) is 11.9 Å². The molecule has 1 saturated carbocycles. The van der Waals surface area contributed by atoms with Crippen LogP contribution in [0.5, 0.6) is 0 Å². The van der Waals surface area contributed by atoms with Gasteiger partial charge in [0.25, 0.3) is 0 Å². The van der Waals surface area contributed by atoms with Crippen molar-refractivity contribution in [2.24, 2.45) is 5.14 Å². The molecule has 0 unspecified atom stereocenters. The van der Waals surface area contributed by atoms with Crippen LogP contribution in [0.15, 0.2) is 6.07 Å². The highest BCUT2D eigenvalue weighted by Crippen LogP contribution is 2.38. The summed E-state index contributed by atoms with van der Waals surface area (Å²) in [6.07, 6.45) is 2.64. The van der Waals surface area contributed by atoms with Crippen molar-refractivity contribution in [1.82, 2.24) is 9.97 Å². The Morgan fingerprint density at radius 2 is 2.11 bits per heavy atom. The van der Waals surface area contributed by atoms with E-state index in [1.165, 1.54) is 0 Å². The van der Waals surface area contributed by atoms with E-state index in [1.54, 1.807) is 6.07 Å². The molecule has 1 fully saturated rings. The lowest BCUT2D eigenvalue weighted by Crippen LogP contribution is -2.19. The van der Waals surface area contributed by atoms with Gasteiger partial charge in [-0.3, -0.25) is 0 Å². The second kappa shape index (κ2) is 5.07. The maximum atomic E-state index is 10.8. The number of anilines is 2. The number of hydrogen-bond donors (Lipinski definition) is 3. The predicted octanol–water partition coefficient (Wildman–Crippen LogP) is 0.0267. The first kappa shape index (κ1) is 13.0. The Labute approximate surface area is 106 Å². The Morgan fingerprint density at radius 1 is 1.39 bits per heavy atom. The average molecular weight is 271 g/mol. The van der Waals surface area contributed by atoms with Crippen LogP contribution in [0.1, 0.15) is 31.0 Å². The summed E-state index contributed by atoms with van der Waals surface area (Å²) >= 11 is 0. The number of rotatable bonds is 6. The lowest BCUT2D eigenvalue weighted by atomic mass is 10.3. The fourth-order valence-electron chi connectivity index (χ4n) is 1.59. The van der Waals surface area contributed by atoms with Crippen molar-refractivity contribution < 1.29 is 8.42 Å². The number of sulfonamides is 1. The second-order valence-electron chi connectivity index (χ2n) is 4.46. The Balaban J connectivity index is 1.89. The largest absolute Gasteiger partial charge is 0.384 e. The van der Waals surface area contributed by atoms with Crippen molar-refractivity contribution in [2.75, 3.05) is 23.3 Å². The Bertz CT molecular complexity index is 527. The van der Waals surface area contributed by atoms with Crippen molar-refractivity contribution >= 4 is 21.7 Å². The van der Waals surface area contributed by atoms with Crippen LogP contribution in [0.3, 0.4) is 0 Å². The molecule has 1 aromatic rings. The van der Waals surface area contributed by atoms with Crippen molar-refractivity contribution in [3.8, 4) is 0 Å². The fraction of sp³-hybridized carbons (Fsp3) is 0.600. The molecule has 0 saturated heterocycles. The molecule has 1 aliphatic carbocycles. The van der Waals surface area contributed by atoms with Crippen LogP contribution in [0.4, 0.5) is 11.6 Å². The molecule has 7 nitrogen and oxygen atoms in total. The van der Waals surface area contributed by atoms with E-state index in [0.717, 1.165) is 18.7 Å². The van der Waals surface area contributed by atoms with Crippen LogP contribution in [-0.4, -0.2) is 30.7 Å². The summed E-state index contributed by atoms with van der Waals surface area (Å²) < 4.78 is 21.5. The van der Waals surface area contributed by atoms with Gasteiger partial charge in [-0.1, -0.05) is 0 Å². The number of nitrogens with one attached hydrogen (secondary N) is 1. The first-order valence-corrected chi connectivity index (χ1v) is 7.54. The van der Waals surface area contributed by atoms with Gasteiger partial charge in [-0.2, -0.15) is 0 Å². The molecule has 1 aromatic heterocycles. The lowest BCUT2D eigenvalue weighted by molar-refractivity contribution is 0.595. The zero-order valence-electron chi connectivity index (χ0n) is 9.96. The molecular weight excluding hydrogens is 254 g/mol. The smallest absolute Gasteiger partial charge is 0.209 e. The summed E-state index contributed by atoms with van der Waals surface area (Å²) in [4.78, 5) is 8.52.